The van der Waals surface area contributed by atoms with Crippen LogP contribution in [-0.2, 0) is 4.79 Å². The van der Waals surface area contributed by atoms with Crippen LogP contribution in [0.3, 0.4) is 0 Å². The third-order valence-electron chi connectivity index (χ3n) is 1.93. The number of carbonyl (C=O) groups excluding carboxylic acids is 1. The summed E-state index contributed by atoms with van der Waals surface area (Å²) in [7, 11) is 0. The summed E-state index contributed by atoms with van der Waals surface area (Å²) in [6.07, 6.45) is -3.03. The molecule has 5 heteroatoms. The Balaban J connectivity index is 2.65. The Morgan fingerprint density at radius 1 is 1.27 bits per heavy atom. The number of hydrogen-bond acceptors (Lipinski definition) is 1. The van der Waals surface area contributed by atoms with Gasteiger partial charge in [-0.25, -0.2) is 4.39 Å². The van der Waals surface area contributed by atoms with Gasteiger partial charge in [0.05, 0.1) is 6.04 Å². The van der Waals surface area contributed by atoms with E-state index in [0.717, 1.165) is 0 Å². The molecule has 0 aliphatic carbocycles. The number of carbonyl (C=O) groups is 1. The minimum Gasteiger partial charge on any atom is -0.345 e. The molecule has 0 radical (unpaired) electrons. The van der Waals surface area contributed by atoms with Gasteiger partial charge in [-0.1, -0.05) is 12.1 Å². The van der Waals surface area contributed by atoms with Crippen molar-refractivity contribution in [2.24, 2.45) is 0 Å². The van der Waals surface area contributed by atoms with Gasteiger partial charge in [-0.15, -0.1) is 0 Å². The number of rotatable bonds is 3. The van der Waals surface area contributed by atoms with Crippen LogP contribution >= 0.6 is 0 Å². The van der Waals surface area contributed by atoms with Crippen molar-refractivity contribution in [3.8, 4) is 0 Å². The van der Waals surface area contributed by atoms with Crippen LogP contribution in [0, 0.1) is 5.82 Å². The molecule has 0 aromatic heterocycles. The smallest absolute Gasteiger partial charge is 0.315 e. The van der Waals surface area contributed by atoms with Crippen molar-refractivity contribution in [3.63, 3.8) is 0 Å². The Morgan fingerprint density at radius 3 is 2.27 bits per heavy atom. The second-order valence-corrected chi connectivity index (χ2v) is 3.08. The van der Waals surface area contributed by atoms with Crippen LogP contribution in [0.25, 0.3) is 0 Å². The molecule has 1 amide bonds. The van der Waals surface area contributed by atoms with Gasteiger partial charge in [0, 0.05) is 0 Å². The molecule has 0 saturated carbocycles. The predicted octanol–water partition coefficient (Wildman–Crippen LogP) is 2.27. The Bertz CT molecular complexity index is 337. The maximum absolute atomic E-state index is 12.5. The maximum atomic E-state index is 12.5. The lowest BCUT2D eigenvalue weighted by Gasteiger charge is -2.13. The molecule has 1 N–H and O–H groups in total. The third-order valence-corrected chi connectivity index (χ3v) is 1.93. The zero-order valence-electron chi connectivity index (χ0n) is 8.01. The van der Waals surface area contributed by atoms with E-state index >= 15 is 0 Å². The van der Waals surface area contributed by atoms with Crippen LogP contribution in [0.15, 0.2) is 24.3 Å². The molecule has 0 aliphatic heterocycles. The number of benzene rings is 1. The molecule has 0 saturated heterocycles. The summed E-state index contributed by atoms with van der Waals surface area (Å²) in [5.41, 5.74) is 0.574. The quantitative estimate of drug-likeness (QED) is 0.826. The van der Waals surface area contributed by atoms with Gasteiger partial charge in [0.2, 0.25) is 0 Å². The van der Waals surface area contributed by atoms with Gasteiger partial charge in [-0.3, -0.25) is 4.79 Å². The summed E-state index contributed by atoms with van der Waals surface area (Å²) in [4.78, 5) is 10.7. The van der Waals surface area contributed by atoms with Crippen molar-refractivity contribution in [3.05, 3.63) is 35.6 Å². The van der Waals surface area contributed by atoms with Gasteiger partial charge in [-0.05, 0) is 24.6 Å². The zero-order valence-corrected chi connectivity index (χ0v) is 8.01. The largest absolute Gasteiger partial charge is 0.345 e. The van der Waals surface area contributed by atoms with Gasteiger partial charge in [-0.2, -0.15) is 8.78 Å². The highest BCUT2D eigenvalue weighted by Gasteiger charge is 2.17. The normalized spacial score (nSPS) is 12.6. The number of hydrogen-bond donors (Lipinski definition) is 1. The molecule has 0 unspecified atom stereocenters. The van der Waals surface area contributed by atoms with E-state index in [1.165, 1.54) is 24.3 Å². The third kappa shape index (κ3) is 3.27. The first-order valence-corrected chi connectivity index (χ1v) is 4.34. The Kier molecular flexibility index (Phi) is 3.71. The molecule has 15 heavy (non-hydrogen) atoms. The molecule has 1 rings (SSSR count). The Labute approximate surface area is 85.1 Å². The minimum atomic E-state index is -3.03. The molecule has 0 fully saturated rings. The van der Waals surface area contributed by atoms with E-state index in [2.05, 4.69) is 5.32 Å². The highest BCUT2D eigenvalue weighted by molar-refractivity contribution is 5.79. The number of halogens is 3. The van der Waals surface area contributed by atoms with E-state index < -0.39 is 24.2 Å². The van der Waals surface area contributed by atoms with E-state index in [9.17, 15) is 18.0 Å². The number of alkyl halides is 2. The fraction of sp³-hybridized carbons (Fsp3) is 0.300. The van der Waals surface area contributed by atoms with Gasteiger partial charge in [0.25, 0.3) is 5.91 Å². The molecule has 1 aromatic rings. The lowest BCUT2D eigenvalue weighted by molar-refractivity contribution is -0.132. The van der Waals surface area contributed by atoms with Crippen LogP contribution in [0.2, 0.25) is 0 Å². The Hall–Kier alpha value is -1.52. The first-order chi connectivity index (χ1) is 7.00. The van der Waals surface area contributed by atoms with Gasteiger partial charge >= 0.3 is 6.43 Å². The van der Waals surface area contributed by atoms with E-state index in [1.54, 1.807) is 6.92 Å². The van der Waals surface area contributed by atoms with Crippen molar-refractivity contribution in [1.82, 2.24) is 5.32 Å². The summed E-state index contributed by atoms with van der Waals surface area (Å²) in [5.74, 6) is -1.74. The maximum Gasteiger partial charge on any atom is 0.315 e. The topological polar surface area (TPSA) is 29.1 Å². The van der Waals surface area contributed by atoms with Crippen molar-refractivity contribution >= 4 is 5.91 Å². The number of amides is 1. The average Bonchev–Trinajstić information content (AvgIpc) is 2.18. The first kappa shape index (κ1) is 11.6. The molecule has 1 aromatic carbocycles. The van der Waals surface area contributed by atoms with Gasteiger partial charge in [0.1, 0.15) is 5.82 Å². The molecular weight excluding hydrogens is 207 g/mol. The van der Waals surface area contributed by atoms with Crippen LogP contribution < -0.4 is 5.32 Å². The second-order valence-electron chi connectivity index (χ2n) is 3.08. The fourth-order valence-corrected chi connectivity index (χ4v) is 1.11. The van der Waals surface area contributed by atoms with Crippen LogP contribution in [0.4, 0.5) is 13.2 Å². The number of nitrogens with one attached hydrogen (secondary N) is 1. The van der Waals surface area contributed by atoms with E-state index in [1.807, 2.05) is 0 Å². The standard InChI is InChI=1S/C10H10F3NO/c1-6(14-10(15)9(12)13)7-2-4-8(11)5-3-7/h2-6,9H,1H3,(H,14,15)/t6-/m0/s1. The molecule has 0 aliphatic rings. The minimum absolute atomic E-state index is 0.411. The van der Waals surface area contributed by atoms with E-state index in [4.69, 9.17) is 0 Å². The van der Waals surface area contributed by atoms with Crippen molar-refractivity contribution in [1.29, 1.82) is 0 Å². The van der Waals surface area contributed by atoms with Crippen LogP contribution in [0.1, 0.15) is 18.5 Å². The first-order valence-electron chi connectivity index (χ1n) is 4.34. The summed E-state index contributed by atoms with van der Waals surface area (Å²) in [5, 5.41) is 2.10. The molecule has 0 spiro atoms. The molecule has 2 nitrogen and oxygen atoms in total. The van der Waals surface area contributed by atoms with Crippen molar-refractivity contribution < 1.29 is 18.0 Å². The second kappa shape index (κ2) is 4.82. The lowest BCUT2D eigenvalue weighted by Crippen LogP contribution is -2.31. The molecule has 82 valence electrons. The van der Waals surface area contributed by atoms with Gasteiger partial charge in [0.15, 0.2) is 0 Å². The molecule has 0 bridgehead atoms. The lowest BCUT2D eigenvalue weighted by atomic mass is 10.1. The van der Waals surface area contributed by atoms with E-state index in [-0.39, 0.29) is 0 Å². The molecule has 1 atom stereocenters. The summed E-state index contributed by atoms with van der Waals surface area (Å²) >= 11 is 0. The average molecular weight is 217 g/mol. The molecular formula is C10H10F3NO. The SMILES string of the molecule is C[C@H](NC(=O)C(F)F)c1ccc(F)cc1. The predicted molar refractivity (Wildman–Crippen MR) is 49.0 cm³/mol. The fourth-order valence-electron chi connectivity index (χ4n) is 1.11. The summed E-state index contributed by atoms with van der Waals surface area (Å²) in [6.45, 7) is 1.55. The van der Waals surface area contributed by atoms with Crippen LogP contribution in [0.5, 0.6) is 0 Å². The highest BCUT2D eigenvalue weighted by atomic mass is 19.3. The highest BCUT2D eigenvalue weighted by Crippen LogP contribution is 2.13. The van der Waals surface area contributed by atoms with Crippen LogP contribution in [-0.4, -0.2) is 12.3 Å². The summed E-state index contributed by atoms with van der Waals surface area (Å²) < 4.78 is 36.3. The Morgan fingerprint density at radius 2 is 1.80 bits per heavy atom. The van der Waals surface area contributed by atoms with E-state index in [0.29, 0.717) is 5.56 Å². The zero-order chi connectivity index (χ0) is 11.4. The summed E-state index contributed by atoms with van der Waals surface area (Å²) in [6, 6.07) is 4.73. The monoisotopic (exact) mass is 217 g/mol. The van der Waals surface area contributed by atoms with Crippen molar-refractivity contribution in [2.75, 3.05) is 0 Å². The molecule has 0 heterocycles. The van der Waals surface area contributed by atoms with Gasteiger partial charge < -0.3 is 5.32 Å². The van der Waals surface area contributed by atoms with Crippen molar-refractivity contribution in [2.45, 2.75) is 19.4 Å².